The van der Waals surface area contributed by atoms with Crippen LogP contribution in [-0.2, 0) is 4.79 Å². The third-order valence-electron chi connectivity index (χ3n) is 2.37. The van der Waals surface area contributed by atoms with Gasteiger partial charge in [-0.1, -0.05) is 12.1 Å². The van der Waals surface area contributed by atoms with E-state index in [1.54, 1.807) is 14.0 Å². The minimum atomic E-state index is -0.511. The van der Waals surface area contributed by atoms with E-state index in [-0.39, 0.29) is 12.0 Å². The summed E-state index contributed by atoms with van der Waals surface area (Å²) in [5.41, 5.74) is 5.45. The third-order valence-corrected chi connectivity index (χ3v) is 2.37. The van der Waals surface area contributed by atoms with E-state index >= 15 is 0 Å². The van der Waals surface area contributed by atoms with Crippen molar-refractivity contribution in [1.82, 2.24) is 5.32 Å². The predicted molar refractivity (Wildman–Crippen MR) is 69.7 cm³/mol. The van der Waals surface area contributed by atoms with Crippen LogP contribution in [-0.4, -0.2) is 31.7 Å². The fourth-order valence-electron chi connectivity index (χ4n) is 1.38. The van der Waals surface area contributed by atoms with Crippen LogP contribution in [0, 0.1) is 0 Å². The van der Waals surface area contributed by atoms with Crippen molar-refractivity contribution in [2.24, 2.45) is 5.73 Å². The molecule has 18 heavy (non-hydrogen) atoms. The van der Waals surface area contributed by atoms with Gasteiger partial charge in [-0.05, 0) is 26.0 Å². The molecule has 0 aliphatic carbocycles. The highest BCUT2D eigenvalue weighted by atomic mass is 16.5. The van der Waals surface area contributed by atoms with Gasteiger partial charge >= 0.3 is 0 Å². The fraction of sp³-hybridized carbons (Fsp3) is 0.462. The van der Waals surface area contributed by atoms with Gasteiger partial charge in [-0.2, -0.15) is 0 Å². The molecule has 0 aliphatic heterocycles. The molecule has 2 atom stereocenters. The Labute approximate surface area is 107 Å². The topological polar surface area (TPSA) is 73.6 Å². The molecule has 0 saturated heterocycles. The molecule has 5 heteroatoms. The largest absolute Gasteiger partial charge is 0.493 e. The Morgan fingerprint density at radius 3 is 2.50 bits per heavy atom. The molecule has 0 aliphatic rings. The molecule has 3 N–H and O–H groups in total. The Hall–Kier alpha value is -1.75. The lowest BCUT2D eigenvalue weighted by molar-refractivity contribution is -0.122. The van der Waals surface area contributed by atoms with Gasteiger partial charge in [0.05, 0.1) is 19.7 Å². The number of hydrogen-bond donors (Lipinski definition) is 2. The van der Waals surface area contributed by atoms with Crippen LogP contribution in [0.2, 0.25) is 0 Å². The average molecular weight is 252 g/mol. The van der Waals surface area contributed by atoms with Gasteiger partial charge in [-0.15, -0.1) is 0 Å². The fourth-order valence-corrected chi connectivity index (χ4v) is 1.38. The van der Waals surface area contributed by atoms with E-state index in [4.69, 9.17) is 15.2 Å². The lowest BCUT2D eigenvalue weighted by Gasteiger charge is -2.17. The number of carbonyl (C=O) groups is 1. The Morgan fingerprint density at radius 1 is 1.33 bits per heavy atom. The summed E-state index contributed by atoms with van der Waals surface area (Å²) >= 11 is 0. The number of amides is 1. The van der Waals surface area contributed by atoms with Gasteiger partial charge in [0, 0.05) is 0 Å². The molecule has 5 nitrogen and oxygen atoms in total. The van der Waals surface area contributed by atoms with Crippen molar-refractivity contribution in [3.63, 3.8) is 0 Å². The van der Waals surface area contributed by atoms with Crippen molar-refractivity contribution in [1.29, 1.82) is 0 Å². The van der Waals surface area contributed by atoms with Gasteiger partial charge < -0.3 is 20.5 Å². The molecule has 0 aromatic heterocycles. The zero-order valence-corrected chi connectivity index (χ0v) is 11.0. The number of methoxy groups -OCH3 is 1. The summed E-state index contributed by atoms with van der Waals surface area (Å²) < 4.78 is 10.9. The number of ether oxygens (including phenoxy) is 2. The summed E-state index contributed by atoms with van der Waals surface area (Å²) in [5, 5.41) is 2.71. The smallest absolute Gasteiger partial charge is 0.236 e. The first-order valence-electron chi connectivity index (χ1n) is 5.87. The highest BCUT2D eigenvalue weighted by Gasteiger charge is 2.11. The van der Waals surface area contributed by atoms with E-state index in [0.717, 1.165) is 0 Å². The maximum absolute atomic E-state index is 11.3. The second-order valence-electron chi connectivity index (χ2n) is 4.11. The van der Waals surface area contributed by atoms with E-state index in [9.17, 15) is 4.79 Å². The maximum Gasteiger partial charge on any atom is 0.236 e. The summed E-state index contributed by atoms with van der Waals surface area (Å²) in [6.45, 7) is 3.91. The van der Waals surface area contributed by atoms with Gasteiger partial charge in [0.15, 0.2) is 11.5 Å². The lowest BCUT2D eigenvalue weighted by Crippen LogP contribution is -2.42. The molecule has 0 fully saturated rings. The molecular weight excluding hydrogens is 232 g/mol. The monoisotopic (exact) mass is 252 g/mol. The van der Waals surface area contributed by atoms with Crippen LogP contribution in [0.4, 0.5) is 0 Å². The predicted octanol–water partition coefficient (Wildman–Crippen LogP) is 0.926. The van der Waals surface area contributed by atoms with Crippen molar-refractivity contribution in [3.8, 4) is 11.5 Å². The number of para-hydroxylation sites is 2. The summed E-state index contributed by atoms with van der Waals surface area (Å²) in [4.78, 5) is 11.3. The van der Waals surface area contributed by atoms with E-state index in [2.05, 4.69) is 5.32 Å². The molecule has 0 bridgehead atoms. The summed E-state index contributed by atoms with van der Waals surface area (Å²) in [6, 6.07) is 6.87. The highest BCUT2D eigenvalue weighted by Crippen LogP contribution is 2.26. The number of nitrogens with one attached hydrogen (secondary N) is 1. The normalized spacial score (nSPS) is 13.6. The molecule has 1 amide bonds. The second-order valence-corrected chi connectivity index (χ2v) is 4.11. The van der Waals surface area contributed by atoms with E-state index < -0.39 is 6.04 Å². The molecule has 1 rings (SSSR count). The Bertz CT molecular complexity index is 394. The molecule has 1 unspecified atom stereocenters. The number of carbonyl (C=O) groups excluding carboxylic acids is 1. The molecule has 100 valence electrons. The summed E-state index contributed by atoms with van der Waals surface area (Å²) in [6.07, 6.45) is -0.163. The van der Waals surface area contributed by atoms with Crippen molar-refractivity contribution in [2.45, 2.75) is 26.0 Å². The van der Waals surface area contributed by atoms with Crippen LogP contribution in [0.5, 0.6) is 11.5 Å². The summed E-state index contributed by atoms with van der Waals surface area (Å²) in [5.74, 6) is 1.14. The van der Waals surface area contributed by atoms with Gasteiger partial charge in [-0.25, -0.2) is 0 Å². The lowest BCUT2D eigenvalue weighted by atomic mass is 10.3. The number of hydrogen-bond acceptors (Lipinski definition) is 4. The zero-order chi connectivity index (χ0) is 13.5. The molecule has 1 aromatic carbocycles. The van der Waals surface area contributed by atoms with Crippen molar-refractivity contribution in [3.05, 3.63) is 24.3 Å². The van der Waals surface area contributed by atoms with Crippen LogP contribution in [0.1, 0.15) is 13.8 Å². The van der Waals surface area contributed by atoms with Gasteiger partial charge in [-0.3, -0.25) is 4.79 Å². The minimum absolute atomic E-state index is 0.163. The quantitative estimate of drug-likeness (QED) is 0.789. The first-order chi connectivity index (χ1) is 8.54. The van der Waals surface area contributed by atoms with Gasteiger partial charge in [0.25, 0.3) is 0 Å². The molecule has 0 saturated carbocycles. The second kappa shape index (κ2) is 6.86. The Balaban J connectivity index is 2.49. The standard InChI is InChI=1S/C13H20N2O3/c1-9(8-15-13(16)10(2)14)18-12-7-5-4-6-11(12)17-3/h4-7,9-10H,8,14H2,1-3H3,(H,15,16)/t9?,10-/m1/s1. The Morgan fingerprint density at radius 2 is 1.94 bits per heavy atom. The maximum atomic E-state index is 11.3. The van der Waals surface area contributed by atoms with Crippen molar-refractivity contribution in [2.75, 3.05) is 13.7 Å². The molecule has 1 aromatic rings. The molecule has 0 spiro atoms. The summed E-state index contributed by atoms with van der Waals surface area (Å²) in [7, 11) is 1.59. The first-order valence-corrected chi connectivity index (χ1v) is 5.87. The van der Waals surface area contributed by atoms with Crippen LogP contribution in [0.3, 0.4) is 0 Å². The SMILES string of the molecule is COc1ccccc1OC(C)CNC(=O)[C@@H](C)N. The van der Waals surface area contributed by atoms with Crippen LogP contribution < -0.4 is 20.5 Å². The third kappa shape index (κ3) is 4.25. The minimum Gasteiger partial charge on any atom is -0.493 e. The van der Waals surface area contributed by atoms with E-state index in [1.165, 1.54) is 0 Å². The Kier molecular flexibility index (Phi) is 5.45. The number of rotatable bonds is 6. The van der Waals surface area contributed by atoms with Crippen molar-refractivity contribution < 1.29 is 14.3 Å². The van der Waals surface area contributed by atoms with Crippen LogP contribution in [0.25, 0.3) is 0 Å². The number of nitrogens with two attached hydrogens (primary N) is 1. The molecule has 0 radical (unpaired) electrons. The van der Waals surface area contributed by atoms with Crippen molar-refractivity contribution >= 4 is 5.91 Å². The molecular formula is C13H20N2O3. The van der Waals surface area contributed by atoms with Crippen LogP contribution >= 0.6 is 0 Å². The first kappa shape index (κ1) is 14.3. The number of benzene rings is 1. The van der Waals surface area contributed by atoms with E-state index in [1.807, 2.05) is 31.2 Å². The van der Waals surface area contributed by atoms with Crippen LogP contribution in [0.15, 0.2) is 24.3 Å². The highest BCUT2D eigenvalue weighted by molar-refractivity contribution is 5.80. The van der Waals surface area contributed by atoms with Gasteiger partial charge in [0.1, 0.15) is 6.10 Å². The zero-order valence-electron chi connectivity index (χ0n) is 11.0. The van der Waals surface area contributed by atoms with E-state index in [0.29, 0.717) is 18.0 Å². The van der Waals surface area contributed by atoms with Gasteiger partial charge in [0.2, 0.25) is 5.91 Å². The average Bonchev–Trinajstić information content (AvgIpc) is 2.36. The molecule has 0 heterocycles.